The van der Waals surface area contributed by atoms with Crippen LogP contribution in [0.3, 0.4) is 0 Å². The molecule has 4 rings (SSSR count). The van der Waals surface area contributed by atoms with Gasteiger partial charge in [0, 0.05) is 50.1 Å². The van der Waals surface area contributed by atoms with Crippen LogP contribution in [0.4, 0.5) is 0 Å². The van der Waals surface area contributed by atoms with Gasteiger partial charge in [-0.25, -0.2) is 0 Å². The number of hydrogen-bond acceptors (Lipinski definition) is 8. The Kier molecular flexibility index (Phi) is 14.8. The number of hydrogen-bond donors (Lipinski definition) is 4. The van der Waals surface area contributed by atoms with Gasteiger partial charge in [-0.2, -0.15) is 0 Å². The number of carbonyl (C=O) groups excluding carboxylic acids is 4. The van der Waals surface area contributed by atoms with Crippen LogP contribution in [0, 0.1) is 11.8 Å². The standard InChI is InChI=1S/C37H50N10O4/c1-26(2)34(40-32(48)18-11-22-46-24-30(42-44-46)28-14-7-5-8-15-28)36(50)38-20-13-21-39-37(51)35(27(3)4)41-33(49)19-12-23-47-25-31(43-45-47)29-16-9-6-10-17-29/h5-10,14-17,24-27,34-35H,11-13,18-23H2,1-4H3,(H,38,50)(H,39,51)(H,40,48)(H,41,49)/t34-,35-/m0/s1. The highest BCUT2D eigenvalue weighted by atomic mass is 16.2. The van der Waals surface area contributed by atoms with Gasteiger partial charge in [0.15, 0.2) is 0 Å². The Hall–Kier alpha value is -5.40. The normalized spacial score (nSPS) is 12.4. The molecule has 51 heavy (non-hydrogen) atoms. The van der Waals surface area contributed by atoms with Crippen molar-refractivity contribution in [3.8, 4) is 22.5 Å². The van der Waals surface area contributed by atoms with E-state index in [1.807, 2.05) is 101 Å². The van der Waals surface area contributed by atoms with Gasteiger partial charge < -0.3 is 21.3 Å². The third-order valence-electron chi connectivity index (χ3n) is 8.28. The summed E-state index contributed by atoms with van der Waals surface area (Å²) in [5, 5.41) is 28.1. The summed E-state index contributed by atoms with van der Waals surface area (Å²) in [6.07, 6.45) is 5.77. The molecule has 2 heterocycles. The molecule has 0 fully saturated rings. The molecule has 0 spiro atoms. The first-order chi connectivity index (χ1) is 24.6. The predicted octanol–water partition coefficient (Wildman–Crippen LogP) is 3.37. The minimum Gasteiger partial charge on any atom is -0.354 e. The summed E-state index contributed by atoms with van der Waals surface area (Å²) in [5.41, 5.74) is 3.49. The van der Waals surface area contributed by atoms with Gasteiger partial charge >= 0.3 is 0 Å². The van der Waals surface area contributed by atoms with Crippen LogP contribution in [0.2, 0.25) is 0 Å². The quantitative estimate of drug-likeness (QED) is 0.102. The number of carbonyl (C=O) groups is 4. The molecular weight excluding hydrogens is 648 g/mol. The highest BCUT2D eigenvalue weighted by Gasteiger charge is 2.25. The first kappa shape index (κ1) is 38.4. The lowest BCUT2D eigenvalue weighted by Gasteiger charge is -2.23. The molecule has 0 saturated heterocycles. The van der Waals surface area contributed by atoms with E-state index in [2.05, 4.69) is 41.9 Å². The van der Waals surface area contributed by atoms with Crippen molar-refractivity contribution in [1.29, 1.82) is 0 Å². The molecule has 2 aromatic heterocycles. The highest BCUT2D eigenvalue weighted by molar-refractivity contribution is 5.88. The minimum absolute atomic E-state index is 0.115. The molecule has 4 amide bonds. The second kappa shape index (κ2) is 19.7. The van der Waals surface area contributed by atoms with E-state index in [1.165, 1.54) is 0 Å². The van der Waals surface area contributed by atoms with Crippen molar-refractivity contribution >= 4 is 23.6 Å². The second-order valence-corrected chi connectivity index (χ2v) is 13.2. The van der Waals surface area contributed by atoms with Gasteiger partial charge in [0.1, 0.15) is 23.5 Å². The number of rotatable bonds is 20. The lowest BCUT2D eigenvalue weighted by Crippen LogP contribution is -2.51. The van der Waals surface area contributed by atoms with Crippen LogP contribution in [0.1, 0.15) is 59.8 Å². The topological polar surface area (TPSA) is 178 Å². The molecule has 0 bridgehead atoms. The lowest BCUT2D eigenvalue weighted by atomic mass is 10.0. The van der Waals surface area contributed by atoms with Crippen molar-refractivity contribution < 1.29 is 19.2 Å². The monoisotopic (exact) mass is 698 g/mol. The average Bonchev–Trinajstić information content (AvgIpc) is 3.80. The number of nitrogens with one attached hydrogen (secondary N) is 4. The van der Waals surface area contributed by atoms with Crippen LogP contribution >= 0.6 is 0 Å². The molecule has 0 aliphatic carbocycles. The molecule has 272 valence electrons. The maximum atomic E-state index is 12.9. The van der Waals surface area contributed by atoms with Crippen molar-refractivity contribution in [3.63, 3.8) is 0 Å². The van der Waals surface area contributed by atoms with Crippen LogP contribution in [-0.4, -0.2) is 78.8 Å². The molecular formula is C37H50N10O4. The van der Waals surface area contributed by atoms with Gasteiger partial charge in [0.25, 0.3) is 0 Å². The molecule has 0 aliphatic heterocycles. The molecule has 0 radical (unpaired) electrons. The Morgan fingerprint density at radius 1 is 0.588 bits per heavy atom. The van der Waals surface area contributed by atoms with E-state index in [1.54, 1.807) is 9.36 Å². The largest absolute Gasteiger partial charge is 0.354 e. The number of benzene rings is 2. The summed E-state index contributed by atoms with van der Waals surface area (Å²) >= 11 is 0. The number of nitrogens with zero attached hydrogens (tertiary/aromatic N) is 6. The van der Waals surface area contributed by atoms with Crippen molar-refractivity contribution in [1.82, 2.24) is 51.3 Å². The van der Waals surface area contributed by atoms with E-state index in [0.29, 0.717) is 45.4 Å². The number of aryl methyl sites for hydroxylation is 2. The molecule has 0 saturated carbocycles. The van der Waals surface area contributed by atoms with Gasteiger partial charge in [-0.05, 0) is 31.1 Å². The zero-order valence-electron chi connectivity index (χ0n) is 29.9. The Labute approximate surface area is 299 Å². The van der Waals surface area contributed by atoms with E-state index >= 15 is 0 Å². The van der Waals surface area contributed by atoms with Gasteiger partial charge in [0.2, 0.25) is 23.6 Å². The first-order valence-electron chi connectivity index (χ1n) is 17.7. The van der Waals surface area contributed by atoms with Gasteiger partial charge in [-0.3, -0.25) is 28.5 Å². The van der Waals surface area contributed by atoms with E-state index in [-0.39, 0.29) is 48.3 Å². The summed E-state index contributed by atoms with van der Waals surface area (Å²) < 4.78 is 3.42. The maximum absolute atomic E-state index is 12.9. The number of amides is 4. The van der Waals surface area contributed by atoms with Crippen LogP contribution in [0.25, 0.3) is 22.5 Å². The van der Waals surface area contributed by atoms with Crippen LogP contribution in [0.15, 0.2) is 73.1 Å². The molecule has 4 N–H and O–H groups in total. The molecule has 2 atom stereocenters. The van der Waals surface area contributed by atoms with Crippen molar-refractivity contribution in [3.05, 3.63) is 73.1 Å². The van der Waals surface area contributed by atoms with Crippen molar-refractivity contribution in [2.75, 3.05) is 13.1 Å². The third kappa shape index (κ3) is 12.5. The first-order valence-corrected chi connectivity index (χ1v) is 17.7. The average molecular weight is 699 g/mol. The summed E-state index contributed by atoms with van der Waals surface area (Å²) in [5.74, 6) is -1.20. The van der Waals surface area contributed by atoms with Gasteiger partial charge in [-0.1, -0.05) is 98.8 Å². The van der Waals surface area contributed by atoms with E-state index in [9.17, 15) is 19.2 Å². The third-order valence-corrected chi connectivity index (χ3v) is 8.28. The maximum Gasteiger partial charge on any atom is 0.242 e. The Balaban J connectivity index is 1.10. The molecule has 4 aromatic rings. The zero-order chi connectivity index (χ0) is 36.6. The summed E-state index contributed by atoms with van der Waals surface area (Å²) in [7, 11) is 0. The van der Waals surface area contributed by atoms with Crippen LogP contribution in [-0.2, 0) is 32.3 Å². The van der Waals surface area contributed by atoms with E-state index < -0.39 is 12.1 Å². The molecule has 0 unspecified atom stereocenters. The van der Waals surface area contributed by atoms with Crippen molar-refractivity contribution in [2.45, 2.75) is 85.0 Å². The Morgan fingerprint density at radius 2 is 0.980 bits per heavy atom. The fraction of sp³-hybridized carbons (Fsp3) is 0.459. The highest BCUT2D eigenvalue weighted by Crippen LogP contribution is 2.16. The Bertz CT molecular complexity index is 1560. The lowest BCUT2D eigenvalue weighted by molar-refractivity contribution is -0.130. The van der Waals surface area contributed by atoms with Gasteiger partial charge in [0.05, 0.1) is 12.4 Å². The fourth-order valence-electron chi connectivity index (χ4n) is 5.39. The van der Waals surface area contributed by atoms with E-state index in [0.717, 1.165) is 22.5 Å². The molecule has 14 nitrogen and oxygen atoms in total. The molecule has 2 aromatic carbocycles. The SMILES string of the molecule is CC(C)[C@H](NC(=O)CCCn1cc(-c2ccccc2)nn1)C(=O)NCCCNC(=O)[C@@H](NC(=O)CCCn1cc(-c2ccccc2)nn1)C(C)C. The van der Waals surface area contributed by atoms with Crippen LogP contribution < -0.4 is 21.3 Å². The van der Waals surface area contributed by atoms with Crippen molar-refractivity contribution in [2.24, 2.45) is 11.8 Å². The summed E-state index contributed by atoms with van der Waals surface area (Å²) in [6.45, 7) is 9.20. The predicted molar refractivity (Wildman–Crippen MR) is 194 cm³/mol. The zero-order valence-corrected chi connectivity index (χ0v) is 29.9. The smallest absolute Gasteiger partial charge is 0.242 e. The number of aromatic nitrogens is 6. The van der Waals surface area contributed by atoms with Crippen LogP contribution in [0.5, 0.6) is 0 Å². The van der Waals surface area contributed by atoms with Gasteiger partial charge in [-0.15, -0.1) is 10.2 Å². The fourth-order valence-corrected chi connectivity index (χ4v) is 5.39. The molecule has 14 heteroatoms. The summed E-state index contributed by atoms with van der Waals surface area (Å²) in [4.78, 5) is 51.2. The van der Waals surface area contributed by atoms with E-state index in [4.69, 9.17) is 0 Å². The second-order valence-electron chi connectivity index (χ2n) is 13.2. The minimum atomic E-state index is -0.681. The Morgan fingerprint density at radius 3 is 1.35 bits per heavy atom. The molecule has 0 aliphatic rings. The summed E-state index contributed by atoms with van der Waals surface area (Å²) in [6, 6.07) is 18.1.